The molecular weight excluding hydrogens is 1230 g/mol. The van der Waals surface area contributed by atoms with E-state index in [1.807, 2.05) is 127 Å². The number of nitrogens with one attached hydrogen (secondary N) is 1. The van der Waals surface area contributed by atoms with Gasteiger partial charge in [0.1, 0.15) is 5.69 Å². The van der Waals surface area contributed by atoms with Gasteiger partial charge < -0.3 is 46.1 Å². The molecule has 2 aliphatic rings. The molecule has 1 N–H and O–H groups in total. The van der Waals surface area contributed by atoms with E-state index < -0.39 is 0 Å². The number of fused-ring (bicyclic) bond motifs is 2. The molecule has 0 amide bonds. The molecule has 1 radical (unpaired) electrons. The number of aromatic amines is 1. The first-order chi connectivity index (χ1) is 34.9. The predicted octanol–water partition coefficient (Wildman–Crippen LogP) is 10.7. The summed E-state index contributed by atoms with van der Waals surface area (Å²) in [5.74, 6) is 1.46. The zero-order valence-corrected chi connectivity index (χ0v) is 50.1. The summed E-state index contributed by atoms with van der Waals surface area (Å²) >= 11 is 0. The van der Waals surface area contributed by atoms with Crippen LogP contribution >= 0.6 is 0 Å². The van der Waals surface area contributed by atoms with Gasteiger partial charge in [0, 0.05) is 25.7 Å². The van der Waals surface area contributed by atoms with E-state index in [1.54, 1.807) is 0 Å². The van der Waals surface area contributed by atoms with Gasteiger partial charge in [0.05, 0.1) is 22.4 Å². The number of rotatable bonds is 9. The molecule has 0 spiro atoms. The Balaban J connectivity index is -0.000000338. The number of para-hydroxylation sites is 4. The molecule has 2 aliphatic heterocycles. The van der Waals surface area contributed by atoms with E-state index in [2.05, 4.69) is 172 Å². The van der Waals surface area contributed by atoms with E-state index in [0.29, 0.717) is 17.9 Å². The second-order valence-corrected chi connectivity index (χ2v) is 18.4. The van der Waals surface area contributed by atoms with Crippen molar-refractivity contribution in [1.82, 2.24) is 39.7 Å². The predicted molar refractivity (Wildman–Crippen MR) is 339 cm³/mol. The van der Waals surface area contributed by atoms with Crippen LogP contribution < -0.4 is 79.2 Å². The Hall–Kier alpha value is -5.90. The normalized spacial score (nSPS) is 11.3. The summed E-state index contributed by atoms with van der Waals surface area (Å²) in [5, 5.41) is 8.43. The van der Waals surface area contributed by atoms with Gasteiger partial charge in [-0.25, -0.2) is 9.97 Å². The Kier molecular flexibility index (Phi) is 39.9. The van der Waals surface area contributed by atoms with Crippen molar-refractivity contribution >= 4 is 39.9 Å². The number of pyridine rings is 2. The van der Waals surface area contributed by atoms with Gasteiger partial charge in [-0.15, -0.1) is 71.0 Å². The third kappa shape index (κ3) is 22.2. The first-order valence-electron chi connectivity index (χ1n) is 23.7. The van der Waals surface area contributed by atoms with E-state index in [0.717, 1.165) is 73.2 Å². The molecule has 0 unspecified atom stereocenters. The van der Waals surface area contributed by atoms with Crippen LogP contribution in [0.3, 0.4) is 0 Å². The van der Waals surface area contributed by atoms with Crippen molar-refractivity contribution in [2.45, 2.75) is 125 Å². The van der Waals surface area contributed by atoms with Gasteiger partial charge >= 0.3 is 59.1 Å². The van der Waals surface area contributed by atoms with Crippen molar-refractivity contribution in [2.24, 2.45) is 0 Å². The molecule has 0 aliphatic carbocycles. The van der Waals surface area contributed by atoms with Crippen molar-refractivity contribution in [2.75, 3.05) is 9.80 Å². The van der Waals surface area contributed by atoms with Gasteiger partial charge in [-0.1, -0.05) is 165 Å². The molecule has 0 fully saturated rings. The average Bonchev–Trinajstić information content (AvgIpc) is 4.45. The van der Waals surface area contributed by atoms with Gasteiger partial charge in [-0.2, -0.15) is 13.3 Å². The molecule has 5 aromatic carbocycles. The van der Waals surface area contributed by atoms with Crippen molar-refractivity contribution in [1.29, 1.82) is 0 Å². The third-order valence-corrected chi connectivity index (χ3v) is 11.6. The quantitative estimate of drug-likeness (QED) is 0.0483. The number of imidazole rings is 2. The Bertz CT molecular complexity index is 3010. The zero-order chi connectivity index (χ0) is 50.6. The van der Waals surface area contributed by atoms with Crippen LogP contribution in [0, 0.1) is 25.5 Å². The second-order valence-electron chi connectivity index (χ2n) is 18.4. The number of hydrogen-bond donors (Lipinski definition) is 1. The third-order valence-electron chi connectivity index (χ3n) is 11.6. The summed E-state index contributed by atoms with van der Waals surface area (Å²) in [7, 11) is 0. The fourth-order valence-corrected chi connectivity index (χ4v) is 7.58. The minimum atomic E-state index is -0.181. The number of carbonyl (C=O) groups is 1. The van der Waals surface area contributed by atoms with Crippen LogP contribution in [0.2, 0.25) is 0 Å². The smallest absolute Gasteiger partial charge is 1.00 e. The molecular formula is C67H89IrN10Na2O3-5. The molecule has 441 valence electrons. The molecule has 0 bridgehead atoms. The van der Waals surface area contributed by atoms with Gasteiger partial charge in [0.15, 0.2) is 5.82 Å². The van der Waals surface area contributed by atoms with Crippen molar-refractivity contribution in [3.8, 4) is 45.6 Å². The van der Waals surface area contributed by atoms with Gasteiger partial charge in [0.2, 0.25) is 0 Å². The van der Waals surface area contributed by atoms with Crippen LogP contribution in [0.15, 0.2) is 176 Å². The number of aromatic nitrogens is 6. The minimum Gasteiger partial charge on any atom is -1.00 e. The Morgan fingerprint density at radius 3 is 1.60 bits per heavy atom. The fraction of sp³-hybridized carbons (Fsp3) is 0.269. The number of benzene rings is 5. The first-order valence-corrected chi connectivity index (χ1v) is 23.7. The molecule has 0 atom stereocenters. The standard InChI is InChI=1S/C22H31N4.C18H13N3.C18H11N3.CH2O3.8CH4.Ir.2Na.H/c1-17(2)23-8-10-25(15-23)20-12-19(22(5,6)7)13-21(14-20)26-11-9-24(16-26)18(3)4;2*1-2-7-13(8-3-1)14-11-6-12-17(19-14)18-20-15-9-4-5-10-16(15)21-18;2-1-4-3;;;;;;;;;;;;/h8-13,15-18H,1-7H3;1-12H,(H,20,21);1-7,9-12H;1,3H;8*1H4;;;;/q-3;;-2;;;;;;;;;;;2*+1;-1/p-1. The molecule has 6 heterocycles. The summed E-state index contributed by atoms with van der Waals surface area (Å²) in [4.78, 5) is 46.3. The fourth-order valence-electron chi connectivity index (χ4n) is 7.58. The Morgan fingerprint density at radius 2 is 1.10 bits per heavy atom. The number of carbonyl (C=O) groups excluding carboxylic acids is 1. The Morgan fingerprint density at radius 1 is 0.602 bits per heavy atom. The monoisotopic (exact) mass is 1320 g/mol. The number of nitrogens with zero attached hydrogens (tertiary/aromatic N) is 9. The Labute approximate surface area is 558 Å². The van der Waals surface area contributed by atoms with Crippen molar-refractivity contribution < 1.29 is 95.6 Å². The van der Waals surface area contributed by atoms with Gasteiger partial charge in [-0.3, -0.25) is 9.78 Å². The molecule has 4 aromatic heterocycles. The van der Waals surface area contributed by atoms with E-state index in [9.17, 15) is 0 Å². The van der Waals surface area contributed by atoms with Crippen LogP contribution in [-0.4, -0.2) is 53.3 Å². The van der Waals surface area contributed by atoms with Gasteiger partial charge in [0.25, 0.3) is 6.47 Å². The molecule has 0 saturated heterocycles. The SMILES string of the molecule is C.C.C.C.C.C.C.C.CC(C)N1C=CN(c2[c-]c(N3C=CN(C(C)C)[CH-]3)cc(C(C)(C)C)c2)[CH-]1.O=CO[O-].[H-].[Ir].[Na+].[Na+].[c-]1ccccc1-c1cccc(-c2nc3ccccc3[n-]2)n1.c1ccc(-c2cccc(-c3nc4ccccc4[nH]3)n2)cc1. The molecule has 0 saturated carbocycles. The molecule has 11 rings (SSSR count). The van der Waals surface area contributed by atoms with Crippen LogP contribution in [0.5, 0.6) is 0 Å². The molecule has 16 heteroatoms. The summed E-state index contributed by atoms with van der Waals surface area (Å²) in [6.45, 7) is 19.6. The maximum atomic E-state index is 8.64. The molecule has 83 heavy (non-hydrogen) atoms. The average molecular weight is 1320 g/mol. The zero-order valence-electron chi connectivity index (χ0n) is 44.7. The topological polar surface area (TPSA) is 144 Å². The first kappa shape index (κ1) is 83.6. The van der Waals surface area contributed by atoms with Crippen LogP contribution in [0.25, 0.3) is 67.6 Å². The van der Waals surface area contributed by atoms with Crippen molar-refractivity contribution in [3.05, 3.63) is 207 Å². The molecule has 9 aromatic rings. The largest absolute Gasteiger partial charge is 1.00 e. The summed E-state index contributed by atoms with van der Waals surface area (Å²) in [6, 6.07) is 57.8. The van der Waals surface area contributed by atoms with Crippen LogP contribution in [-0.2, 0) is 35.2 Å². The van der Waals surface area contributed by atoms with E-state index >= 15 is 0 Å². The maximum absolute atomic E-state index is 8.64. The van der Waals surface area contributed by atoms with E-state index in [4.69, 9.17) is 15.0 Å². The summed E-state index contributed by atoms with van der Waals surface area (Å²) in [5.41, 5.74) is 12.8. The summed E-state index contributed by atoms with van der Waals surface area (Å²) < 4.78 is 0. The van der Waals surface area contributed by atoms with E-state index in [-0.39, 0.29) is 152 Å². The maximum Gasteiger partial charge on any atom is 1.00 e. The van der Waals surface area contributed by atoms with Gasteiger partial charge in [-0.05, 0) is 123 Å². The second kappa shape index (κ2) is 39.6. The van der Waals surface area contributed by atoms with Crippen LogP contribution in [0.1, 0.15) is 115 Å². The molecule has 13 nitrogen and oxygen atoms in total. The van der Waals surface area contributed by atoms with Crippen molar-refractivity contribution in [3.63, 3.8) is 0 Å². The number of hydrogen-bond acceptors (Lipinski definition) is 11. The minimum absolute atomic E-state index is 0. The number of H-pyrrole nitrogens is 1. The summed E-state index contributed by atoms with van der Waals surface area (Å²) in [6.07, 6.45) is 8.44. The number of anilines is 2. The van der Waals surface area contributed by atoms with Crippen LogP contribution in [0.4, 0.5) is 11.4 Å². The van der Waals surface area contributed by atoms with E-state index in [1.165, 1.54) is 5.56 Å².